The highest BCUT2D eigenvalue weighted by molar-refractivity contribution is 5.76. The SMILES string of the molecule is O=C(CCCc1ncc(-c2ccccc2)o1)NC1CCNCC1. The molecule has 0 atom stereocenters. The normalized spacial score (nSPS) is 15.5. The van der Waals surface area contributed by atoms with E-state index in [1.807, 2.05) is 30.3 Å². The van der Waals surface area contributed by atoms with Gasteiger partial charge in [-0.05, 0) is 32.4 Å². The summed E-state index contributed by atoms with van der Waals surface area (Å²) in [5, 5.41) is 6.40. The molecule has 2 N–H and O–H groups in total. The number of hydrogen-bond donors (Lipinski definition) is 2. The molecule has 1 fully saturated rings. The van der Waals surface area contributed by atoms with E-state index in [1.165, 1.54) is 0 Å². The van der Waals surface area contributed by atoms with Crippen LogP contribution in [0.1, 0.15) is 31.6 Å². The van der Waals surface area contributed by atoms with Gasteiger partial charge >= 0.3 is 0 Å². The van der Waals surface area contributed by atoms with Gasteiger partial charge in [0.1, 0.15) is 0 Å². The molecule has 0 radical (unpaired) electrons. The monoisotopic (exact) mass is 313 g/mol. The molecule has 3 rings (SSSR count). The minimum Gasteiger partial charge on any atom is -0.441 e. The van der Waals surface area contributed by atoms with E-state index >= 15 is 0 Å². The largest absolute Gasteiger partial charge is 0.441 e. The lowest BCUT2D eigenvalue weighted by Crippen LogP contribution is -2.42. The molecule has 5 nitrogen and oxygen atoms in total. The molecule has 2 aromatic rings. The molecular weight excluding hydrogens is 290 g/mol. The van der Waals surface area contributed by atoms with Crippen molar-refractivity contribution in [1.29, 1.82) is 0 Å². The zero-order valence-electron chi connectivity index (χ0n) is 13.3. The predicted octanol–water partition coefficient (Wildman–Crippen LogP) is 2.53. The molecule has 2 heterocycles. The molecule has 1 aliphatic heterocycles. The fraction of sp³-hybridized carbons (Fsp3) is 0.444. The zero-order valence-corrected chi connectivity index (χ0v) is 13.3. The lowest BCUT2D eigenvalue weighted by molar-refractivity contribution is -0.122. The van der Waals surface area contributed by atoms with E-state index in [2.05, 4.69) is 15.6 Å². The molecule has 1 aliphatic rings. The molecule has 1 amide bonds. The molecule has 1 aromatic carbocycles. The second-order valence-corrected chi connectivity index (χ2v) is 5.93. The lowest BCUT2D eigenvalue weighted by atomic mass is 10.1. The van der Waals surface area contributed by atoms with Crippen molar-refractivity contribution in [1.82, 2.24) is 15.6 Å². The number of amides is 1. The number of aromatic nitrogens is 1. The first-order chi connectivity index (χ1) is 11.3. The van der Waals surface area contributed by atoms with E-state index in [4.69, 9.17) is 4.42 Å². The number of oxazole rings is 1. The molecule has 23 heavy (non-hydrogen) atoms. The van der Waals surface area contributed by atoms with Crippen LogP contribution in [0.3, 0.4) is 0 Å². The first-order valence-electron chi connectivity index (χ1n) is 8.31. The van der Waals surface area contributed by atoms with Crippen molar-refractivity contribution >= 4 is 5.91 Å². The third-order valence-corrected chi connectivity index (χ3v) is 4.11. The first-order valence-corrected chi connectivity index (χ1v) is 8.31. The van der Waals surface area contributed by atoms with E-state index in [0.717, 1.165) is 43.7 Å². The third kappa shape index (κ3) is 4.66. The van der Waals surface area contributed by atoms with E-state index in [-0.39, 0.29) is 5.91 Å². The van der Waals surface area contributed by atoms with E-state index in [1.54, 1.807) is 6.20 Å². The molecule has 0 spiro atoms. The summed E-state index contributed by atoms with van der Waals surface area (Å²) in [6.07, 6.45) is 5.75. The summed E-state index contributed by atoms with van der Waals surface area (Å²) in [6.45, 7) is 1.98. The van der Waals surface area contributed by atoms with Gasteiger partial charge in [-0.3, -0.25) is 4.79 Å². The highest BCUT2D eigenvalue weighted by Gasteiger charge is 2.15. The maximum Gasteiger partial charge on any atom is 0.220 e. The molecule has 0 bridgehead atoms. The van der Waals surface area contributed by atoms with Crippen LogP contribution >= 0.6 is 0 Å². The molecule has 122 valence electrons. The average molecular weight is 313 g/mol. The van der Waals surface area contributed by atoms with Gasteiger partial charge in [-0.2, -0.15) is 0 Å². The van der Waals surface area contributed by atoms with Gasteiger partial charge in [-0.1, -0.05) is 30.3 Å². The Labute approximate surface area is 136 Å². The maximum absolute atomic E-state index is 11.9. The number of rotatable bonds is 6. The van der Waals surface area contributed by atoms with Crippen molar-refractivity contribution in [3.63, 3.8) is 0 Å². The molecule has 0 aliphatic carbocycles. The second-order valence-electron chi connectivity index (χ2n) is 5.93. The Morgan fingerprint density at radius 1 is 1.26 bits per heavy atom. The number of aryl methyl sites for hydroxylation is 1. The third-order valence-electron chi connectivity index (χ3n) is 4.11. The van der Waals surface area contributed by atoms with Gasteiger partial charge in [0.25, 0.3) is 0 Å². The van der Waals surface area contributed by atoms with Gasteiger partial charge in [-0.25, -0.2) is 4.98 Å². The fourth-order valence-corrected chi connectivity index (χ4v) is 2.83. The maximum atomic E-state index is 11.9. The topological polar surface area (TPSA) is 67.2 Å². The highest BCUT2D eigenvalue weighted by Crippen LogP contribution is 2.20. The van der Waals surface area contributed by atoms with Gasteiger partial charge in [-0.15, -0.1) is 0 Å². The first kappa shape index (κ1) is 15.7. The van der Waals surface area contributed by atoms with Crippen LogP contribution in [0.2, 0.25) is 0 Å². The Kier molecular flexibility index (Phi) is 5.42. The van der Waals surface area contributed by atoms with Gasteiger partial charge in [0.05, 0.1) is 6.20 Å². The fourth-order valence-electron chi connectivity index (χ4n) is 2.83. The Morgan fingerprint density at radius 3 is 2.83 bits per heavy atom. The zero-order chi connectivity index (χ0) is 15.9. The van der Waals surface area contributed by atoms with Gasteiger partial charge in [0, 0.05) is 24.4 Å². The van der Waals surface area contributed by atoms with Crippen LogP contribution in [-0.2, 0) is 11.2 Å². The van der Waals surface area contributed by atoms with Crippen LogP contribution < -0.4 is 10.6 Å². The summed E-state index contributed by atoms with van der Waals surface area (Å²) in [4.78, 5) is 16.2. The van der Waals surface area contributed by atoms with Crippen LogP contribution in [0.5, 0.6) is 0 Å². The Balaban J connectivity index is 1.42. The van der Waals surface area contributed by atoms with Crippen molar-refractivity contribution in [2.75, 3.05) is 13.1 Å². The van der Waals surface area contributed by atoms with Crippen molar-refractivity contribution < 1.29 is 9.21 Å². The van der Waals surface area contributed by atoms with Crippen molar-refractivity contribution in [2.45, 2.75) is 38.1 Å². The Hall–Kier alpha value is -2.14. The van der Waals surface area contributed by atoms with Crippen molar-refractivity contribution in [2.24, 2.45) is 0 Å². The van der Waals surface area contributed by atoms with E-state index < -0.39 is 0 Å². The number of nitrogens with zero attached hydrogens (tertiary/aromatic N) is 1. The number of carbonyl (C=O) groups is 1. The summed E-state index contributed by atoms with van der Waals surface area (Å²) in [7, 11) is 0. The summed E-state index contributed by atoms with van der Waals surface area (Å²) in [5.74, 6) is 1.60. The second kappa shape index (κ2) is 7.92. The average Bonchev–Trinajstić information content (AvgIpc) is 3.05. The summed E-state index contributed by atoms with van der Waals surface area (Å²) >= 11 is 0. The molecule has 5 heteroatoms. The minimum absolute atomic E-state index is 0.131. The van der Waals surface area contributed by atoms with Gasteiger partial charge in [0.15, 0.2) is 11.7 Å². The van der Waals surface area contributed by atoms with Crippen LogP contribution in [-0.4, -0.2) is 30.0 Å². The number of piperidine rings is 1. The minimum atomic E-state index is 0.131. The van der Waals surface area contributed by atoms with Crippen molar-refractivity contribution in [3.8, 4) is 11.3 Å². The molecule has 0 saturated carbocycles. The van der Waals surface area contributed by atoms with Crippen LogP contribution in [0.15, 0.2) is 40.9 Å². The summed E-state index contributed by atoms with van der Waals surface area (Å²) < 4.78 is 5.75. The highest BCUT2D eigenvalue weighted by atomic mass is 16.4. The molecule has 0 unspecified atom stereocenters. The van der Waals surface area contributed by atoms with Crippen molar-refractivity contribution in [3.05, 3.63) is 42.4 Å². The van der Waals surface area contributed by atoms with E-state index in [9.17, 15) is 4.79 Å². The quantitative estimate of drug-likeness (QED) is 0.860. The van der Waals surface area contributed by atoms with Gasteiger partial charge in [0.2, 0.25) is 5.91 Å². The molecule has 1 aromatic heterocycles. The van der Waals surface area contributed by atoms with Crippen LogP contribution in [0.25, 0.3) is 11.3 Å². The molecule has 1 saturated heterocycles. The summed E-state index contributed by atoms with van der Waals surface area (Å²) in [5.41, 5.74) is 1.02. The Bertz CT molecular complexity index is 618. The number of carbonyl (C=O) groups excluding carboxylic acids is 1. The summed E-state index contributed by atoms with van der Waals surface area (Å²) in [6, 6.07) is 10.2. The predicted molar refractivity (Wildman–Crippen MR) is 88.9 cm³/mol. The molecular formula is C18H23N3O2. The number of hydrogen-bond acceptors (Lipinski definition) is 4. The lowest BCUT2D eigenvalue weighted by Gasteiger charge is -2.23. The smallest absolute Gasteiger partial charge is 0.220 e. The van der Waals surface area contributed by atoms with E-state index in [0.29, 0.717) is 24.8 Å². The Morgan fingerprint density at radius 2 is 2.04 bits per heavy atom. The van der Waals surface area contributed by atoms with Crippen LogP contribution in [0, 0.1) is 0 Å². The van der Waals surface area contributed by atoms with Gasteiger partial charge < -0.3 is 15.1 Å². The number of benzene rings is 1. The van der Waals surface area contributed by atoms with Crippen LogP contribution in [0.4, 0.5) is 0 Å². The number of nitrogens with one attached hydrogen (secondary N) is 2. The standard InChI is InChI=1S/C18H23N3O2/c22-17(21-15-9-11-19-12-10-15)7-4-8-18-20-13-16(23-18)14-5-2-1-3-6-14/h1-3,5-6,13,15,19H,4,7-12H2,(H,21,22).